The number of carbonyl (C=O) groups excluding carboxylic acids is 1. The van der Waals surface area contributed by atoms with E-state index < -0.39 is 5.79 Å². The highest BCUT2D eigenvalue weighted by atomic mass is 16.7. The molecule has 0 atom stereocenters. The quantitative estimate of drug-likeness (QED) is 0.736. The second-order valence-electron chi connectivity index (χ2n) is 7.39. The molecule has 0 radical (unpaired) electrons. The van der Waals surface area contributed by atoms with Crippen molar-refractivity contribution in [2.45, 2.75) is 44.8 Å². The third-order valence-corrected chi connectivity index (χ3v) is 5.26. The van der Waals surface area contributed by atoms with Crippen LogP contribution in [0.1, 0.15) is 48.2 Å². The minimum atomic E-state index is -0.511. The Morgan fingerprint density at radius 3 is 2.78 bits per heavy atom. The molecule has 5 rings (SSSR count). The Bertz CT molecular complexity index is 1030. The molecular formula is C21H21N3O3. The molecule has 1 aliphatic carbocycles. The number of fused-ring (bicyclic) bond motifs is 2. The molecule has 1 N–H and O–H groups in total. The van der Waals surface area contributed by atoms with Gasteiger partial charge in [0.25, 0.3) is 11.7 Å². The Hall–Kier alpha value is -3.02. The van der Waals surface area contributed by atoms with Crippen molar-refractivity contribution in [3.8, 4) is 11.5 Å². The highest BCUT2D eigenvalue weighted by molar-refractivity contribution is 6.03. The Morgan fingerprint density at radius 1 is 1.11 bits per heavy atom. The number of ether oxygens (including phenoxy) is 2. The van der Waals surface area contributed by atoms with E-state index in [0.29, 0.717) is 17.1 Å². The average molecular weight is 363 g/mol. The molecule has 1 aliphatic heterocycles. The van der Waals surface area contributed by atoms with Gasteiger partial charge < -0.3 is 19.2 Å². The molecule has 2 aromatic heterocycles. The first-order valence-corrected chi connectivity index (χ1v) is 9.39. The lowest BCUT2D eigenvalue weighted by Gasteiger charge is -2.31. The Labute approximate surface area is 157 Å². The number of rotatable bonds is 2. The van der Waals surface area contributed by atoms with Gasteiger partial charge in [-0.3, -0.25) is 4.79 Å². The van der Waals surface area contributed by atoms with Gasteiger partial charge in [-0.25, -0.2) is 4.98 Å². The molecule has 1 amide bonds. The highest BCUT2D eigenvalue weighted by Crippen LogP contribution is 2.46. The van der Waals surface area contributed by atoms with Crippen molar-refractivity contribution >= 4 is 17.2 Å². The van der Waals surface area contributed by atoms with E-state index >= 15 is 0 Å². The van der Waals surface area contributed by atoms with Crippen LogP contribution in [-0.2, 0) is 0 Å². The van der Waals surface area contributed by atoms with E-state index in [0.717, 1.165) is 42.6 Å². The largest absolute Gasteiger partial charge is 0.448 e. The number of nitrogens with one attached hydrogen (secondary N) is 1. The fourth-order valence-corrected chi connectivity index (χ4v) is 3.85. The lowest BCUT2D eigenvalue weighted by atomic mass is 9.94. The number of aryl methyl sites for hydroxylation is 1. The predicted molar refractivity (Wildman–Crippen MR) is 101 cm³/mol. The van der Waals surface area contributed by atoms with E-state index in [9.17, 15) is 4.79 Å². The van der Waals surface area contributed by atoms with Crippen LogP contribution in [-0.4, -0.2) is 21.1 Å². The van der Waals surface area contributed by atoms with Gasteiger partial charge in [-0.15, -0.1) is 0 Å². The molecule has 1 aromatic carbocycles. The molecule has 1 fully saturated rings. The molecule has 6 heteroatoms. The van der Waals surface area contributed by atoms with Crippen LogP contribution in [0.4, 0.5) is 5.69 Å². The summed E-state index contributed by atoms with van der Waals surface area (Å²) in [5.41, 5.74) is 2.91. The zero-order valence-electron chi connectivity index (χ0n) is 15.2. The molecule has 6 nitrogen and oxygen atoms in total. The van der Waals surface area contributed by atoms with Crippen molar-refractivity contribution < 1.29 is 14.3 Å². The third-order valence-electron chi connectivity index (χ3n) is 5.26. The third kappa shape index (κ3) is 2.91. The molecule has 0 bridgehead atoms. The van der Waals surface area contributed by atoms with Crippen LogP contribution < -0.4 is 14.8 Å². The number of imidazole rings is 1. The van der Waals surface area contributed by atoms with E-state index in [2.05, 4.69) is 10.3 Å². The maximum Gasteiger partial charge on any atom is 0.275 e. The van der Waals surface area contributed by atoms with Gasteiger partial charge in [0.05, 0.1) is 0 Å². The molecular weight excluding hydrogens is 342 g/mol. The SMILES string of the molecule is Cc1ccn2cc(C(=O)Nc3ccc4c(c3)OC3(CCCCC3)O4)nc2c1. The minimum Gasteiger partial charge on any atom is -0.448 e. The second kappa shape index (κ2) is 6.01. The monoisotopic (exact) mass is 363 g/mol. The summed E-state index contributed by atoms with van der Waals surface area (Å²) in [5.74, 6) is 0.684. The van der Waals surface area contributed by atoms with Crippen LogP contribution in [0.3, 0.4) is 0 Å². The summed E-state index contributed by atoms with van der Waals surface area (Å²) >= 11 is 0. The summed E-state index contributed by atoms with van der Waals surface area (Å²) < 4.78 is 14.1. The summed E-state index contributed by atoms with van der Waals surface area (Å²) in [6, 6.07) is 9.45. The smallest absolute Gasteiger partial charge is 0.275 e. The molecule has 0 saturated heterocycles. The highest BCUT2D eigenvalue weighted by Gasteiger charge is 2.42. The summed E-state index contributed by atoms with van der Waals surface area (Å²) in [6.45, 7) is 2.00. The Morgan fingerprint density at radius 2 is 1.93 bits per heavy atom. The van der Waals surface area contributed by atoms with Gasteiger partial charge in [0, 0.05) is 37.0 Å². The summed E-state index contributed by atoms with van der Waals surface area (Å²) in [5, 5.41) is 2.90. The predicted octanol–water partition coefficient (Wildman–Crippen LogP) is 4.33. The number of pyridine rings is 1. The van der Waals surface area contributed by atoms with Crippen molar-refractivity contribution in [3.05, 3.63) is 54.0 Å². The van der Waals surface area contributed by atoms with Crippen molar-refractivity contribution in [1.82, 2.24) is 9.38 Å². The standard InChI is InChI=1S/C21H21N3O3/c1-14-7-10-24-13-16(23-19(24)11-14)20(25)22-15-5-6-17-18(12-15)27-21(26-17)8-3-2-4-9-21/h5-7,10-13H,2-4,8-9H2,1H3,(H,22,25). The molecule has 3 aromatic rings. The number of aromatic nitrogens is 2. The lowest BCUT2D eigenvalue weighted by Crippen LogP contribution is -2.40. The number of nitrogens with zero attached hydrogens (tertiary/aromatic N) is 2. The summed E-state index contributed by atoms with van der Waals surface area (Å²) in [6.07, 6.45) is 8.90. The van der Waals surface area contributed by atoms with Gasteiger partial charge in [0.15, 0.2) is 11.5 Å². The van der Waals surface area contributed by atoms with Crippen LogP contribution in [0.5, 0.6) is 11.5 Å². The van der Waals surface area contributed by atoms with Crippen LogP contribution >= 0.6 is 0 Å². The number of benzene rings is 1. The number of carbonyl (C=O) groups is 1. The summed E-state index contributed by atoms with van der Waals surface area (Å²) in [7, 11) is 0. The molecule has 0 unspecified atom stereocenters. The number of amides is 1. The van der Waals surface area contributed by atoms with Crippen LogP contribution in [0.25, 0.3) is 5.65 Å². The average Bonchev–Trinajstić information content (AvgIpc) is 3.22. The molecule has 1 saturated carbocycles. The van der Waals surface area contributed by atoms with Gasteiger partial charge in [-0.1, -0.05) is 6.42 Å². The Kier molecular flexibility index (Phi) is 3.60. The molecule has 3 heterocycles. The van der Waals surface area contributed by atoms with E-state index in [-0.39, 0.29) is 5.91 Å². The lowest BCUT2D eigenvalue weighted by molar-refractivity contribution is -0.105. The Balaban J connectivity index is 1.35. The first-order chi connectivity index (χ1) is 13.1. The zero-order chi connectivity index (χ0) is 18.4. The van der Waals surface area contributed by atoms with Gasteiger partial charge in [0.2, 0.25) is 0 Å². The van der Waals surface area contributed by atoms with Gasteiger partial charge >= 0.3 is 0 Å². The fourth-order valence-electron chi connectivity index (χ4n) is 3.85. The minimum absolute atomic E-state index is 0.248. The van der Waals surface area contributed by atoms with Crippen molar-refractivity contribution in [2.75, 3.05) is 5.32 Å². The first kappa shape index (κ1) is 16.2. The van der Waals surface area contributed by atoms with Gasteiger partial charge in [-0.05, 0) is 49.6 Å². The van der Waals surface area contributed by atoms with Crippen molar-refractivity contribution in [1.29, 1.82) is 0 Å². The van der Waals surface area contributed by atoms with Crippen molar-refractivity contribution in [3.63, 3.8) is 0 Å². The number of hydrogen-bond donors (Lipinski definition) is 1. The second-order valence-corrected chi connectivity index (χ2v) is 7.39. The fraction of sp³-hybridized carbons (Fsp3) is 0.333. The van der Waals surface area contributed by atoms with E-state index in [1.165, 1.54) is 6.42 Å². The molecule has 1 spiro atoms. The molecule has 138 valence electrons. The maximum absolute atomic E-state index is 12.6. The van der Waals surface area contributed by atoms with Gasteiger partial charge in [-0.2, -0.15) is 0 Å². The first-order valence-electron chi connectivity index (χ1n) is 9.39. The van der Waals surface area contributed by atoms with E-state index in [1.807, 2.05) is 47.9 Å². The van der Waals surface area contributed by atoms with Crippen LogP contribution in [0.15, 0.2) is 42.7 Å². The normalized spacial score (nSPS) is 17.4. The maximum atomic E-state index is 12.6. The van der Waals surface area contributed by atoms with Gasteiger partial charge in [0.1, 0.15) is 11.3 Å². The molecule has 2 aliphatic rings. The van der Waals surface area contributed by atoms with E-state index in [1.54, 1.807) is 6.20 Å². The van der Waals surface area contributed by atoms with Crippen LogP contribution in [0, 0.1) is 6.92 Å². The number of anilines is 1. The topological polar surface area (TPSA) is 64.9 Å². The van der Waals surface area contributed by atoms with Crippen molar-refractivity contribution in [2.24, 2.45) is 0 Å². The van der Waals surface area contributed by atoms with Crippen LogP contribution in [0.2, 0.25) is 0 Å². The molecule has 27 heavy (non-hydrogen) atoms. The zero-order valence-corrected chi connectivity index (χ0v) is 15.2. The van der Waals surface area contributed by atoms with E-state index in [4.69, 9.17) is 9.47 Å². The number of hydrogen-bond acceptors (Lipinski definition) is 4. The summed E-state index contributed by atoms with van der Waals surface area (Å²) in [4.78, 5) is 17.0.